The van der Waals surface area contributed by atoms with Gasteiger partial charge in [0, 0.05) is 6.04 Å². The number of nitrogens with one attached hydrogen (secondary N) is 1. The quantitative estimate of drug-likeness (QED) is 0.764. The summed E-state index contributed by atoms with van der Waals surface area (Å²) in [5.74, 6) is 1.87. The van der Waals surface area contributed by atoms with Gasteiger partial charge in [-0.2, -0.15) is 0 Å². The average molecular weight is 259 g/mol. The Bertz CT molecular complexity index is 346. The van der Waals surface area contributed by atoms with Gasteiger partial charge in [-0.15, -0.1) is 0 Å². The van der Waals surface area contributed by atoms with Crippen molar-refractivity contribution in [3.8, 4) is 0 Å². The van der Waals surface area contributed by atoms with Crippen molar-refractivity contribution in [2.24, 2.45) is 11.8 Å². The van der Waals surface area contributed by atoms with Crippen LogP contribution in [0.1, 0.15) is 51.5 Å². The molecular weight excluding hydrogens is 230 g/mol. The maximum Gasteiger partial charge on any atom is 0.00954 e. The van der Waals surface area contributed by atoms with Crippen molar-refractivity contribution < 1.29 is 0 Å². The summed E-state index contributed by atoms with van der Waals surface area (Å²) >= 11 is 0. The second-order valence-electron chi connectivity index (χ2n) is 6.22. The van der Waals surface area contributed by atoms with Crippen LogP contribution >= 0.6 is 0 Å². The zero-order chi connectivity index (χ0) is 13.5. The van der Waals surface area contributed by atoms with Crippen molar-refractivity contribution in [2.75, 3.05) is 6.54 Å². The molecular formula is C18H29N. The lowest BCUT2D eigenvalue weighted by Crippen LogP contribution is -2.35. The molecule has 1 aromatic carbocycles. The molecule has 0 amide bonds. The van der Waals surface area contributed by atoms with Crippen LogP contribution in [0.25, 0.3) is 0 Å². The highest BCUT2D eigenvalue weighted by molar-refractivity contribution is 5.14. The van der Waals surface area contributed by atoms with E-state index in [9.17, 15) is 0 Å². The first kappa shape index (κ1) is 14.6. The van der Waals surface area contributed by atoms with Crippen LogP contribution < -0.4 is 5.32 Å². The number of aryl methyl sites for hydroxylation is 1. The van der Waals surface area contributed by atoms with Gasteiger partial charge in [-0.1, -0.05) is 50.6 Å². The zero-order valence-electron chi connectivity index (χ0n) is 12.6. The molecule has 1 aromatic rings. The molecule has 19 heavy (non-hydrogen) atoms. The van der Waals surface area contributed by atoms with E-state index in [0.29, 0.717) is 0 Å². The molecule has 0 aliphatic heterocycles. The molecule has 3 unspecified atom stereocenters. The predicted octanol–water partition coefficient (Wildman–Crippen LogP) is 4.42. The van der Waals surface area contributed by atoms with Gasteiger partial charge in [-0.25, -0.2) is 0 Å². The van der Waals surface area contributed by atoms with Crippen LogP contribution in [-0.4, -0.2) is 12.6 Å². The first-order valence-electron chi connectivity index (χ1n) is 8.07. The third-order valence-corrected chi connectivity index (χ3v) is 4.59. The van der Waals surface area contributed by atoms with E-state index >= 15 is 0 Å². The van der Waals surface area contributed by atoms with E-state index < -0.39 is 0 Å². The molecule has 2 rings (SSSR count). The molecule has 0 aromatic heterocycles. The first-order chi connectivity index (χ1) is 9.29. The molecule has 1 fully saturated rings. The maximum atomic E-state index is 3.73. The van der Waals surface area contributed by atoms with Gasteiger partial charge in [0.05, 0.1) is 0 Å². The summed E-state index contributed by atoms with van der Waals surface area (Å²) < 4.78 is 0. The van der Waals surface area contributed by atoms with Gasteiger partial charge in [-0.3, -0.25) is 0 Å². The van der Waals surface area contributed by atoms with Crippen molar-refractivity contribution in [1.82, 2.24) is 5.32 Å². The lowest BCUT2D eigenvalue weighted by atomic mass is 9.92. The minimum Gasteiger partial charge on any atom is -0.314 e. The second-order valence-corrected chi connectivity index (χ2v) is 6.22. The number of hydrogen-bond acceptors (Lipinski definition) is 1. The van der Waals surface area contributed by atoms with Crippen LogP contribution in [0.15, 0.2) is 30.3 Å². The van der Waals surface area contributed by atoms with Crippen molar-refractivity contribution in [2.45, 2.75) is 58.4 Å². The van der Waals surface area contributed by atoms with Crippen molar-refractivity contribution in [1.29, 1.82) is 0 Å². The summed E-state index contributed by atoms with van der Waals surface area (Å²) in [5.41, 5.74) is 1.48. The number of rotatable bonds is 7. The highest BCUT2D eigenvalue weighted by Gasteiger charge is 2.27. The van der Waals surface area contributed by atoms with E-state index in [2.05, 4.69) is 49.5 Å². The smallest absolute Gasteiger partial charge is 0.00954 e. The van der Waals surface area contributed by atoms with E-state index in [1.54, 1.807) is 0 Å². The minimum atomic E-state index is 0.749. The average Bonchev–Trinajstić information content (AvgIpc) is 2.86. The second kappa shape index (κ2) is 7.69. The van der Waals surface area contributed by atoms with Crippen LogP contribution in [0.5, 0.6) is 0 Å². The predicted molar refractivity (Wildman–Crippen MR) is 83.3 cm³/mol. The third kappa shape index (κ3) is 4.65. The summed E-state index contributed by atoms with van der Waals surface area (Å²) in [5, 5.41) is 3.73. The molecule has 0 saturated heterocycles. The topological polar surface area (TPSA) is 12.0 Å². The molecule has 1 heteroatoms. The minimum absolute atomic E-state index is 0.749. The van der Waals surface area contributed by atoms with E-state index in [1.807, 2.05) is 0 Å². The van der Waals surface area contributed by atoms with Gasteiger partial charge < -0.3 is 5.32 Å². The standard InChI is InChI=1S/C18H29N/c1-3-19-18(17-13-12-15(2)14-17)11-7-10-16-8-5-4-6-9-16/h4-6,8-9,15,17-19H,3,7,10-14H2,1-2H3. The Kier molecular flexibility index (Phi) is 5.91. The van der Waals surface area contributed by atoms with Gasteiger partial charge in [0.1, 0.15) is 0 Å². The molecule has 1 aliphatic rings. The van der Waals surface area contributed by atoms with Crippen molar-refractivity contribution in [3.05, 3.63) is 35.9 Å². The fourth-order valence-electron chi connectivity index (χ4n) is 3.55. The van der Waals surface area contributed by atoms with Gasteiger partial charge in [0.25, 0.3) is 0 Å². The molecule has 1 nitrogen and oxygen atoms in total. The highest BCUT2D eigenvalue weighted by atomic mass is 14.9. The molecule has 106 valence electrons. The van der Waals surface area contributed by atoms with Crippen LogP contribution in [0.4, 0.5) is 0 Å². The van der Waals surface area contributed by atoms with Gasteiger partial charge in [-0.05, 0) is 56.0 Å². The Morgan fingerprint density at radius 1 is 1.21 bits per heavy atom. The lowest BCUT2D eigenvalue weighted by molar-refractivity contribution is 0.332. The van der Waals surface area contributed by atoms with Crippen molar-refractivity contribution in [3.63, 3.8) is 0 Å². The lowest BCUT2D eigenvalue weighted by Gasteiger charge is -2.24. The molecule has 1 N–H and O–H groups in total. The highest BCUT2D eigenvalue weighted by Crippen LogP contribution is 2.34. The summed E-state index contributed by atoms with van der Waals surface area (Å²) in [6.07, 6.45) is 8.18. The van der Waals surface area contributed by atoms with E-state index in [4.69, 9.17) is 0 Å². The fraction of sp³-hybridized carbons (Fsp3) is 0.667. The van der Waals surface area contributed by atoms with E-state index in [1.165, 1.54) is 44.1 Å². The maximum absolute atomic E-state index is 3.73. The Morgan fingerprint density at radius 2 is 2.00 bits per heavy atom. The SMILES string of the molecule is CCNC(CCCc1ccccc1)C1CCC(C)C1. The van der Waals surface area contributed by atoms with Crippen molar-refractivity contribution >= 4 is 0 Å². The first-order valence-corrected chi connectivity index (χ1v) is 8.07. The monoisotopic (exact) mass is 259 g/mol. The summed E-state index contributed by atoms with van der Waals surface area (Å²) in [6, 6.07) is 11.6. The molecule has 0 radical (unpaired) electrons. The number of hydrogen-bond donors (Lipinski definition) is 1. The molecule has 1 aliphatic carbocycles. The molecule has 0 bridgehead atoms. The van der Waals surface area contributed by atoms with Crippen LogP contribution in [0.3, 0.4) is 0 Å². The Morgan fingerprint density at radius 3 is 2.63 bits per heavy atom. The molecule has 1 saturated carbocycles. The zero-order valence-corrected chi connectivity index (χ0v) is 12.6. The Labute approximate surface area is 118 Å². The van der Waals surface area contributed by atoms with E-state index in [-0.39, 0.29) is 0 Å². The van der Waals surface area contributed by atoms with Gasteiger partial charge in [0.15, 0.2) is 0 Å². The van der Waals surface area contributed by atoms with Gasteiger partial charge >= 0.3 is 0 Å². The Hall–Kier alpha value is -0.820. The van der Waals surface area contributed by atoms with Crippen LogP contribution in [0, 0.1) is 11.8 Å². The summed E-state index contributed by atoms with van der Waals surface area (Å²) in [6.45, 7) is 5.76. The van der Waals surface area contributed by atoms with Crippen LogP contribution in [0.2, 0.25) is 0 Å². The summed E-state index contributed by atoms with van der Waals surface area (Å²) in [4.78, 5) is 0. The number of benzene rings is 1. The van der Waals surface area contributed by atoms with Gasteiger partial charge in [0.2, 0.25) is 0 Å². The molecule has 0 heterocycles. The summed E-state index contributed by atoms with van der Waals surface area (Å²) in [7, 11) is 0. The van der Waals surface area contributed by atoms with Crippen LogP contribution in [-0.2, 0) is 6.42 Å². The third-order valence-electron chi connectivity index (χ3n) is 4.59. The molecule has 0 spiro atoms. The Balaban J connectivity index is 1.77. The fourth-order valence-corrected chi connectivity index (χ4v) is 3.55. The normalized spacial score (nSPS) is 24.5. The van der Waals surface area contributed by atoms with E-state index in [0.717, 1.165) is 24.4 Å². The largest absolute Gasteiger partial charge is 0.314 e. The molecule has 3 atom stereocenters.